The van der Waals surface area contributed by atoms with Crippen molar-refractivity contribution in [1.29, 1.82) is 0 Å². The van der Waals surface area contributed by atoms with Crippen LogP contribution in [0.2, 0.25) is 0 Å². The van der Waals surface area contributed by atoms with Gasteiger partial charge in [0.1, 0.15) is 13.2 Å². The van der Waals surface area contributed by atoms with Crippen LogP contribution in [-0.2, 0) is 28.6 Å². The van der Waals surface area contributed by atoms with Crippen LogP contribution in [-0.4, -0.2) is 37.2 Å². The van der Waals surface area contributed by atoms with E-state index in [0.717, 1.165) is 70.6 Å². The maximum atomic E-state index is 12.8. The fourth-order valence-electron chi connectivity index (χ4n) is 8.55. The fraction of sp³-hybridized carbons (Fsp3) is 0.881. The van der Waals surface area contributed by atoms with Crippen molar-refractivity contribution in [3.8, 4) is 0 Å². The fourth-order valence-corrected chi connectivity index (χ4v) is 8.55. The van der Waals surface area contributed by atoms with Crippen LogP contribution in [0, 0.1) is 0 Å². The number of carbonyl (C=O) groups excluding carboxylic acids is 3. The zero-order chi connectivity index (χ0) is 47.2. The highest BCUT2D eigenvalue weighted by molar-refractivity contribution is 5.71. The smallest absolute Gasteiger partial charge is 0.306 e. The molecule has 0 bridgehead atoms. The summed E-state index contributed by atoms with van der Waals surface area (Å²) in [6.45, 7) is 6.67. The zero-order valence-electron chi connectivity index (χ0n) is 43.8. The lowest BCUT2D eigenvalue weighted by molar-refractivity contribution is -0.167. The van der Waals surface area contributed by atoms with Crippen LogP contribution in [0.15, 0.2) is 24.3 Å². The lowest BCUT2D eigenvalue weighted by Gasteiger charge is -2.18. The summed E-state index contributed by atoms with van der Waals surface area (Å²) < 4.78 is 16.9. The standard InChI is InChI=1S/C59H110O6/c1-4-7-10-13-16-19-22-25-28-31-34-37-40-43-46-49-52-58(61)64-55-56(54-63-57(60)51-48-45-42-39-36-33-30-27-24-21-18-15-12-9-6-3)65-59(62)53-50-47-44-41-38-35-32-29-26-23-20-17-14-11-8-5-2/h28-29,31-32,56H,4-27,30,33-55H2,1-3H3/b31-28-,32-29-/t56-/m1/s1. The van der Waals surface area contributed by atoms with Gasteiger partial charge in [0, 0.05) is 19.3 Å². The number of allylic oxidation sites excluding steroid dienone is 4. The summed E-state index contributed by atoms with van der Waals surface area (Å²) in [5.41, 5.74) is 0. The van der Waals surface area contributed by atoms with Gasteiger partial charge in [-0.1, -0.05) is 251 Å². The minimum absolute atomic E-state index is 0.0729. The molecule has 0 saturated carbocycles. The molecule has 0 saturated heterocycles. The number of esters is 3. The maximum absolute atomic E-state index is 12.8. The third-order valence-electron chi connectivity index (χ3n) is 12.9. The van der Waals surface area contributed by atoms with Crippen LogP contribution >= 0.6 is 0 Å². The summed E-state index contributed by atoms with van der Waals surface area (Å²) in [4.78, 5) is 38.1. The lowest BCUT2D eigenvalue weighted by Crippen LogP contribution is -2.30. The Morgan fingerprint density at radius 2 is 0.508 bits per heavy atom. The molecule has 0 fully saturated rings. The highest BCUT2D eigenvalue weighted by Gasteiger charge is 2.19. The number of hydrogen-bond donors (Lipinski definition) is 0. The number of rotatable bonds is 53. The summed E-state index contributed by atoms with van der Waals surface area (Å²) in [5.74, 6) is -0.870. The SMILES string of the molecule is CCCCCCCCC/C=C\CCCCCCCC(=O)OC[C@@H](COC(=O)CCCCCCCCCCCCCCCCC)OC(=O)CCCCCCC/C=C\CCCCCCCCC. The predicted molar refractivity (Wildman–Crippen MR) is 279 cm³/mol. The first kappa shape index (κ1) is 62.9. The summed E-state index contributed by atoms with van der Waals surface area (Å²) >= 11 is 0. The van der Waals surface area contributed by atoms with Crippen molar-refractivity contribution in [2.24, 2.45) is 0 Å². The van der Waals surface area contributed by atoms with E-state index in [4.69, 9.17) is 14.2 Å². The number of carbonyl (C=O) groups is 3. The number of ether oxygens (including phenoxy) is 3. The van der Waals surface area contributed by atoms with Crippen LogP contribution in [0.4, 0.5) is 0 Å². The Morgan fingerprint density at radius 1 is 0.292 bits per heavy atom. The van der Waals surface area contributed by atoms with Crippen LogP contribution in [0.5, 0.6) is 0 Å². The van der Waals surface area contributed by atoms with Crippen molar-refractivity contribution < 1.29 is 28.6 Å². The molecule has 6 heteroatoms. The van der Waals surface area contributed by atoms with Crippen LogP contribution < -0.4 is 0 Å². The van der Waals surface area contributed by atoms with Gasteiger partial charge in [-0.25, -0.2) is 0 Å². The largest absolute Gasteiger partial charge is 0.462 e. The quantitative estimate of drug-likeness (QED) is 0.0262. The van der Waals surface area contributed by atoms with Crippen molar-refractivity contribution >= 4 is 17.9 Å². The van der Waals surface area contributed by atoms with E-state index in [1.807, 2.05) is 0 Å². The van der Waals surface area contributed by atoms with Gasteiger partial charge in [0.05, 0.1) is 0 Å². The van der Waals surface area contributed by atoms with Crippen LogP contribution in [0.1, 0.15) is 316 Å². The number of hydrogen-bond acceptors (Lipinski definition) is 6. The van der Waals surface area contributed by atoms with E-state index >= 15 is 0 Å². The first-order chi connectivity index (χ1) is 32.0. The molecule has 1 atom stereocenters. The molecule has 382 valence electrons. The molecule has 0 radical (unpaired) electrons. The van der Waals surface area contributed by atoms with Crippen LogP contribution in [0.25, 0.3) is 0 Å². The van der Waals surface area contributed by atoms with Gasteiger partial charge in [-0.05, 0) is 70.6 Å². The second kappa shape index (κ2) is 54.5. The Bertz CT molecular complexity index is 1050. The second-order valence-corrected chi connectivity index (χ2v) is 19.6. The summed E-state index contributed by atoms with van der Waals surface area (Å²) in [5, 5.41) is 0. The van der Waals surface area contributed by atoms with E-state index < -0.39 is 6.10 Å². The van der Waals surface area contributed by atoms with Gasteiger partial charge in [0.2, 0.25) is 0 Å². The topological polar surface area (TPSA) is 78.9 Å². The van der Waals surface area contributed by atoms with E-state index in [9.17, 15) is 14.4 Å². The molecule has 6 nitrogen and oxygen atoms in total. The van der Waals surface area contributed by atoms with Gasteiger partial charge in [-0.3, -0.25) is 14.4 Å². The molecule has 0 rings (SSSR count). The highest BCUT2D eigenvalue weighted by atomic mass is 16.6. The third kappa shape index (κ3) is 52.7. The van der Waals surface area contributed by atoms with Crippen molar-refractivity contribution in [2.75, 3.05) is 13.2 Å². The van der Waals surface area contributed by atoms with Gasteiger partial charge in [-0.15, -0.1) is 0 Å². The first-order valence-corrected chi connectivity index (χ1v) is 28.8. The van der Waals surface area contributed by atoms with E-state index in [-0.39, 0.29) is 31.1 Å². The second-order valence-electron chi connectivity index (χ2n) is 19.6. The van der Waals surface area contributed by atoms with Gasteiger partial charge < -0.3 is 14.2 Å². The normalized spacial score (nSPS) is 12.1. The van der Waals surface area contributed by atoms with Gasteiger partial charge >= 0.3 is 17.9 Å². The molecule has 0 amide bonds. The molecule has 0 aliphatic heterocycles. The Morgan fingerprint density at radius 3 is 0.769 bits per heavy atom. The Labute approximate surface area is 404 Å². The average Bonchev–Trinajstić information content (AvgIpc) is 3.30. The molecule has 0 aliphatic carbocycles. The van der Waals surface area contributed by atoms with Crippen LogP contribution in [0.3, 0.4) is 0 Å². The molecule has 0 aromatic carbocycles. The van der Waals surface area contributed by atoms with Crippen molar-refractivity contribution in [3.63, 3.8) is 0 Å². The minimum atomic E-state index is -0.775. The Balaban J connectivity index is 4.36. The molecule has 0 aliphatic rings. The molecular weight excluding hydrogens is 805 g/mol. The van der Waals surface area contributed by atoms with Crippen molar-refractivity contribution in [2.45, 2.75) is 322 Å². The van der Waals surface area contributed by atoms with E-state index in [2.05, 4.69) is 45.1 Å². The summed E-state index contributed by atoms with van der Waals surface area (Å²) in [7, 11) is 0. The lowest BCUT2D eigenvalue weighted by atomic mass is 10.0. The molecule has 0 spiro atoms. The van der Waals surface area contributed by atoms with E-state index in [1.54, 1.807) is 0 Å². The summed E-state index contributed by atoms with van der Waals surface area (Å²) in [6, 6.07) is 0. The first-order valence-electron chi connectivity index (χ1n) is 28.8. The predicted octanol–water partition coefficient (Wildman–Crippen LogP) is 19.1. The summed E-state index contributed by atoms with van der Waals surface area (Å²) in [6.07, 6.45) is 63.0. The molecule has 0 unspecified atom stereocenters. The minimum Gasteiger partial charge on any atom is -0.462 e. The number of unbranched alkanes of at least 4 members (excludes halogenated alkanes) is 38. The van der Waals surface area contributed by atoms with Crippen molar-refractivity contribution in [1.82, 2.24) is 0 Å². The Hall–Kier alpha value is -2.11. The zero-order valence-corrected chi connectivity index (χ0v) is 43.8. The van der Waals surface area contributed by atoms with Gasteiger partial charge in [0.15, 0.2) is 6.10 Å². The van der Waals surface area contributed by atoms with Gasteiger partial charge in [0.25, 0.3) is 0 Å². The molecule has 0 aromatic rings. The van der Waals surface area contributed by atoms with Gasteiger partial charge in [-0.2, -0.15) is 0 Å². The molecule has 0 N–H and O–H groups in total. The highest BCUT2D eigenvalue weighted by Crippen LogP contribution is 2.16. The maximum Gasteiger partial charge on any atom is 0.306 e. The van der Waals surface area contributed by atoms with E-state index in [0.29, 0.717) is 19.3 Å². The Kier molecular flexibility index (Phi) is 52.7. The van der Waals surface area contributed by atoms with E-state index in [1.165, 1.54) is 205 Å². The molecule has 0 heterocycles. The molecular formula is C59H110O6. The molecule has 65 heavy (non-hydrogen) atoms. The molecule has 0 aromatic heterocycles. The average molecular weight is 916 g/mol. The third-order valence-corrected chi connectivity index (χ3v) is 12.9. The van der Waals surface area contributed by atoms with Crippen molar-refractivity contribution in [3.05, 3.63) is 24.3 Å². The monoisotopic (exact) mass is 915 g/mol.